The molecule has 41 heavy (non-hydrogen) atoms. The summed E-state index contributed by atoms with van der Waals surface area (Å²) in [5.74, 6) is -1.54. The average molecular weight is 555 g/mol. The minimum Gasteiger partial charge on any atom is -0.451 e. The number of esters is 1. The van der Waals surface area contributed by atoms with Crippen LogP contribution in [0.5, 0.6) is 0 Å². The normalized spacial score (nSPS) is 13.9. The van der Waals surface area contributed by atoms with Crippen molar-refractivity contribution in [3.63, 3.8) is 0 Å². The Morgan fingerprint density at radius 1 is 1.00 bits per heavy atom. The smallest absolute Gasteiger partial charge is 0.339 e. The highest BCUT2D eigenvalue weighted by Gasteiger charge is 2.37. The van der Waals surface area contributed by atoms with Crippen molar-refractivity contribution in [2.24, 2.45) is 0 Å². The fourth-order valence-electron chi connectivity index (χ4n) is 4.23. The van der Waals surface area contributed by atoms with Gasteiger partial charge in [0.05, 0.1) is 24.4 Å². The third kappa shape index (κ3) is 5.94. The summed E-state index contributed by atoms with van der Waals surface area (Å²) >= 11 is 0. The Bertz CT molecular complexity index is 1600. The Labute approximate surface area is 234 Å². The Kier molecular flexibility index (Phi) is 7.52. The summed E-state index contributed by atoms with van der Waals surface area (Å²) in [7, 11) is 0. The van der Waals surface area contributed by atoms with Gasteiger partial charge in [0.25, 0.3) is 11.8 Å². The van der Waals surface area contributed by atoms with Crippen molar-refractivity contribution < 1.29 is 24.2 Å². The summed E-state index contributed by atoms with van der Waals surface area (Å²) in [6.07, 6.45) is 5.31. The maximum atomic E-state index is 13.1. The number of anilines is 3. The molecule has 0 spiro atoms. The largest absolute Gasteiger partial charge is 0.451 e. The van der Waals surface area contributed by atoms with Crippen molar-refractivity contribution in [2.45, 2.75) is 25.5 Å². The summed E-state index contributed by atoms with van der Waals surface area (Å²) in [5.41, 5.74) is 6.37. The van der Waals surface area contributed by atoms with E-state index in [0.717, 1.165) is 5.56 Å². The van der Waals surface area contributed by atoms with Crippen LogP contribution in [0.2, 0.25) is 0 Å². The van der Waals surface area contributed by atoms with E-state index in [1.807, 2.05) is 30.3 Å². The maximum absolute atomic E-state index is 13.1. The highest BCUT2D eigenvalue weighted by molar-refractivity contribution is 6.01. The van der Waals surface area contributed by atoms with E-state index in [4.69, 9.17) is 4.74 Å². The van der Waals surface area contributed by atoms with Gasteiger partial charge >= 0.3 is 5.97 Å². The molecule has 13 heteroatoms. The number of nitrogens with zero attached hydrogens (tertiary/aromatic N) is 4. The van der Waals surface area contributed by atoms with Crippen molar-refractivity contribution in [1.29, 1.82) is 0 Å². The number of carbonyl (C=O) groups is 3. The lowest BCUT2D eigenvalue weighted by Gasteiger charge is -2.20. The van der Waals surface area contributed by atoms with Gasteiger partial charge in [-0.25, -0.2) is 14.8 Å². The van der Waals surface area contributed by atoms with Crippen LogP contribution in [0.25, 0.3) is 0 Å². The zero-order valence-electron chi connectivity index (χ0n) is 22.1. The van der Waals surface area contributed by atoms with Crippen molar-refractivity contribution in [3.05, 3.63) is 101 Å². The topological polar surface area (TPSA) is 180 Å². The average Bonchev–Trinajstić information content (AvgIpc) is 3.22. The number of aliphatic hydroxyl groups excluding tert-OH is 1. The lowest BCUT2D eigenvalue weighted by molar-refractivity contribution is 0.00952. The van der Waals surface area contributed by atoms with E-state index in [0.29, 0.717) is 16.8 Å². The second-order valence-corrected chi connectivity index (χ2v) is 9.53. The van der Waals surface area contributed by atoms with Gasteiger partial charge in [0, 0.05) is 29.8 Å². The quantitative estimate of drug-likeness (QED) is 0.160. The van der Waals surface area contributed by atoms with Crippen LogP contribution in [0, 0.1) is 0 Å². The van der Waals surface area contributed by atoms with Crippen LogP contribution >= 0.6 is 0 Å². The first-order valence-electron chi connectivity index (χ1n) is 12.6. The molecule has 13 nitrogen and oxygen atoms in total. The van der Waals surface area contributed by atoms with Gasteiger partial charge in [-0.05, 0) is 37.6 Å². The summed E-state index contributed by atoms with van der Waals surface area (Å²) in [6.45, 7) is 3.30. The first-order chi connectivity index (χ1) is 19.7. The number of rotatable bonds is 8. The molecule has 1 aliphatic rings. The van der Waals surface area contributed by atoms with Gasteiger partial charge in [0.2, 0.25) is 5.95 Å². The van der Waals surface area contributed by atoms with E-state index in [1.165, 1.54) is 24.8 Å². The molecule has 0 fully saturated rings. The molecule has 3 heterocycles. The zero-order chi connectivity index (χ0) is 29.0. The molecule has 1 unspecified atom stereocenters. The van der Waals surface area contributed by atoms with Crippen LogP contribution in [0.15, 0.2) is 73.3 Å². The number of carbonyl (C=O) groups excluding carboxylic acids is 3. The molecule has 2 aromatic heterocycles. The van der Waals surface area contributed by atoms with Gasteiger partial charge in [0.1, 0.15) is 22.7 Å². The van der Waals surface area contributed by atoms with Crippen molar-refractivity contribution in [3.8, 4) is 0 Å². The molecule has 2 amide bonds. The lowest BCUT2D eigenvalue weighted by Crippen LogP contribution is -2.42. The molecule has 4 aromatic rings. The number of cyclic esters (lactones) is 1. The summed E-state index contributed by atoms with van der Waals surface area (Å²) < 4.78 is 5.44. The van der Waals surface area contributed by atoms with Gasteiger partial charge in [-0.3, -0.25) is 25.4 Å². The maximum Gasteiger partial charge on any atom is 0.339 e. The third-order valence-electron chi connectivity index (χ3n) is 6.31. The van der Waals surface area contributed by atoms with Gasteiger partial charge in [0.15, 0.2) is 0 Å². The molecule has 0 radical (unpaired) electrons. The second-order valence-electron chi connectivity index (χ2n) is 9.53. The minimum atomic E-state index is -0.792. The SMILES string of the molecule is CC1(C)OC(=O)c2ccc(Nc3ncc(C(=O)NNC(=O)c4cnccn4)c(NC(CO)c4ccccc4)n3)cc21. The molecule has 0 bridgehead atoms. The molecule has 5 N–H and O–H groups in total. The minimum absolute atomic E-state index is 0.00143. The Morgan fingerprint density at radius 3 is 2.51 bits per heavy atom. The number of hydrogen-bond acceptors (Lipinski definition) is 11. The molecule has 0 saturated heterocycles. The summed E-state index contributed by atoms with van der Waals surface area (Å²) in [5, 5.41) is 16.3. The number of aromatic nitrogens is 4. The van der Waals surface area contributed by atoms with Gasteiger partial charge in [-0.2, -0.15) is 4.98 Å². The first kappa shape index (κ1) is 27.1. The molecule has 1 atom stereocenters. The van der Waals surface area contributed by atoms with Crippen LogP contribution in [0.4, 0.5) is 17.5 Å². The molecule has 0 saturated carbocycles. The second kappa shape index (κ2) is 11.4. The van der Waals surface area contributed by atoms with Crippen LogP contribution in [-0.2, 0) is 10.3 Å². The van der Waals surface area contributed by atoms with Crippen molar-refractivity contribution >= 4 is 35.2 Å². The van der Waals surface area contributed by atoms with E-state index in [9.17, 15) is 19.5 Å². The molecular weight excluding hydrogens is 528 g/mol. The fourth-order valence-corrected chi connectivity index (χ4v) is 4.23. The monoisotopic (exact) mass is 554 g/mol. The van der Waals surface area contributed by atoms with Gasteiger partial charge in [-0.15, -0.1) is 0 Å². The summed E-state index contributed by atoms with van der Waals surface area (Å²) in [6, 6.07) is 13.7. The fraction of sp³-hybridized carbons (Fsp3) is 0.179. The van der Waals surface area contributed by atoms with E-state index in [-0.39, 0.29) is 29.6 Å². The number of hydrogen-bond donors (Lipinski definition) is 5. The number of fused-ring (bicyclic) bond motifs is 1. The Morgan fingerprint density at radius 2 is 1.78 bits per heavy atom. The van der Waals surface area contributed by atoms with E-state index in [1.54, 1.807) is 32.0 Å². The van der Waals surface area contributed by atoms with Crippen LogP contribution in [0.3, 0.4) is 0 Å². The molecule has 0 aliphatic carbocycles. The van der Waals surface area contributed by atoms with E-state index >= 15 is 0 Å². The molecule has 5 rings (SSSR count). The Balaban J connectivity index is 1.42. The Hall–Kier alpha value is -5.43. The number of nitrogens with one attached hydrogen (secondary N) is 4. The van der Waals surface area contributed by atoms with Crippen LogP contribution < -0.4 is 21.5 Å². The lowest BCUT2D eigenvalue weighted by atomic mass is 9.95. The number of amides is 2. The van der Waals surface area contributed by atoms with Crippen molar-refractivity contribution in [1.82, 2.24) is 30.8 Å². The van der Waals surface area contributed by atoms with E-state index in [2.05, 4.69) is 41.4 Å². The summed E-state index contributed by atoms with van der Waals surface area (Å²) in [4.78, 5) is 54.1. The molecule has 208 valence electrons. The molecular formula is C28H26N8O5. The van der Waals surface area contributed by atoms with Crippen molar-refractivity contribution in [2.75, 3.05) is 17.2 Å². The highest BCUT2D eigenvalue weighted by atomic mass is 16.6. The third-order valence-corrected chi connectivity index (χ3v) is 6.31. The number of aliphatic hydroxyl groups is 1. The predicted octanol–water partition coefficient (Wildman–Crippen LogP) is 2.64. The number of benzene rings is 2. The zero-order valence-corrected chi connectivity index (χ0v) is 22.1. The van der Waals surface area contributed by atoms with Gasteiger partial charge in [-0.1, -0.05) is 30.3 Å². The molecule has 1 aliphatic heterocycles. The molecule has 2 aromatic carbocycles. The van der Waals surface area contributed by atoms with Crippen LogP contribution in [-0.4, -0.2) is 49.4 Å². The standard InChI is InChI=1S/C28H26N8O5/c1-28(2)20-12-17(8-9-18(20)26(40)41-28)32-27-31-13-19(24(38)35-36-25(39)21-14-29-10-11-30-21)23(34-27)33-22(15-37)16-6-4-3-5-7-16/h3-14,22,37H,15H2,1-2H3,(H,35,38)(H,36,39)(H2,31,32,33,34). The number of ether oxygens (including phenoxy) is 1. The number of hydrazine groups is 1. The predicted molar refractivity (Wildman–Crippen MR) is 147 cm³/mol. The first-order valence-corrected chi connectivity index (χ1v) is 12.6. The van der Waals surface area contributed by atoms with Crippen LogP contribution in [0.1, 0.15) is 62.2 Å². The van der Waals surface area contributed by atoms with Gasteiger partial charge < -0.3 is 20.5 Å². The highest BCUT2D eigenvalue weighted by Crippen LogP contribution is 2.37. The van der Waals surface area contributed by atoms with E-state index < -0.39 is 29.4 Å².